The van der Waals surface area contributed by atoms with E-state index in [1.54, 1.807) is 18.4 Å². The minimum absolute atomic E-state index is 0.203. The van der Waals surface area contributed by atoms with E-state index in [9.17, 15) is 18.0 Å². The van der Waals surface area contributed by atoms with Crippen molar-refractivity contribution >= 4 is 50.6 Å². The number of hydrogen-bond donors (Lipinski definition) is 3. The molecule has 3 N–H and O–H groups in total. The molecule has 1 atom stereocenters. The molecule has 30 heavy (non-hydrogen) atoms. The average molecular weight is 462 g/mol. The van der Waals surface area contributed by atoms with Crippen LogP contribution in [0, 0.1) is 0 Å². The van der Waals surface area contributed by atoms with E-state index < -0.39 is 21.2 Å². The lowest BCUT2D eigenvalue weighted by Gasteiger charge is -2.13. The Kier molecular flexibility index (Phi) is 7.14. The maximum absolute atomic E-state index is 12.2. The van der Waals surface area contributed by atoms with Crippen LogP contribution < -0.4 is 15.6 Å². The number of hydrazine groups is 1. The second kappa shape index (κ2) is 9.79. The molecule has 0 bridgehead atoms. The molecule has 156 valence electrons. The number of sulfonamides is 1. The van der Waals surface area contributed by atoms with E-state index in [4.69, 9.17) is 0 Å². The summed E-state index contributed by atoms with van der Waals surface area (Å²) in [6.45, 7) is 1.74. The van der Waals surface area contributed by atoms with Gasteiger partial charge in [0, 0.05) is 16.1 Å². The van der Waals surface area contributed by atoms with Crippen LogP contribution in [0.15, 0.2) is 81.2 Å². The van der Waals surface area contributed by atoms with Crippen LogP contribution in [-0.2, 0) is 14.8 Å². The summed E-state index contributed by atoms with van der Waals surface area (Å²) in [7, 11) is -3.65. The van der Waals surface area contributed by atoms with E-state index in [2.05, 4.69) is 15.6 Å². The van der Waals surface area contributed by atoms with Crippen molar-refractivity contribution in [2.75, 3.05) is 4.72 Å². The van der Waals surface area contributed by atoms with Crippen LogP contribution in [0.4, 0.5) is 5.69 Å². The topological polar surface area (TPSA) is 104 Å². The van der Waals surface area contributed by atoms with Crippen LogP contribution in [-0.4, -0.2) is 25.5 Å². The maximum atomic E-state index is 12.2. The Balaban J connectivity index is 1.52. The fourth-order valence-electron chi connectivity index (χ4n) is 2.36. The number of anilines is 1. The van der Waals surface area contributed by atoms with Gasteiger partial charge in [0.25, 0.3) is 21.8 Å². The lowest BCUT2D eigenvalue weighted by molar-refractivity contribution is -0.121. The number of thiophene rings is 1. The quantitative estimate of drug-likeness (QED) is 0.369. The van der Waals surface area contributed by atoms with Gasteiger partial charge in [0.15, 0.2) is 0 Å². The Morgan fingerprint density at radius 3 is 2.27 bits per heavy atom. The molecular formula is C20H19N3O4S3. The molecule has 1 aromatic heterocycles. The van der Waals surface area contributed by atoms with E-state index in [0.29, 0.717) is 5.69 Å². The van der Waals surface area contributed by atoms with Crippen LogP contribution >= 0.6 is 23.1 Å². The second-order valence-corrected chi connectivity index (χ2v) is 10.4. The van der Waals surface area contributed by atoms with Gasteiger partial charge in [-0.3, -0.25) is 25.2 Å². The molecule has 3 aromatic rings. The largest absolute Gasteiger partial charge is 0.279 e. The Morgan fingerprint density at radius 1 is 0.933 bits per heavy atom. The van der Waals surface area contributed by atoms with Gasteiger partial charge in [-0.05, 0) is 54.8 Å². The van der Waals surface area contributed by atoms with E-state index in [-0.39, 0.29) is 15.7 Å². The molecule has 1 heterocycles. The van der Waals surface area contributed by atoms with Crippen molar-refractivity contribution in [3.05, 3.63) is 77.7 Å². The number of benzene rings is 2. The summed E-state index contributed by atoms with van der Waals surface area (Å²) in [5.41, 5.74) is 5.38. The van der Waals surface area contributed by atoms with Gasteiger partial charge >= 0.3 is 0 Å². The number of hydrogen-bond acceptors (Lipinski definition) is 6. The molecular weight excluding hydrogens is 442 g/mol. The minimum atomic E-state index is -3.65. The van der Waals surface area contributed by atoms with Gasteiger partial charge in [-0.15, -0.1) is 23.1 Å². The summed E-state index contributed by atoms with van der Waals surface area (Å²) in [5, 5.41) is 1.27. The number of amides is 2. The molecule has 0 saturated heterocycles. The van der Waals surface area contributed by atoms with Gasteiger partial charge in [-0.25, -0.2) is 8.42 Å². The van der Waals surface area contributed by atoms with Crippen LogP contribution in [0.25, 0.3) is 0 Å². The predicted octanol–water partition coefficient (Wildman–Crippen LogP) is 3.49. The number of thioether (sulfide) groups is 1. The van der Waals surface area contributed by atoms with E-state index >= 15 is 0 Å². The SMILES string of the molecule is CC(Sc1ccccc1)C(=O)NNC(=O)c1ccc(NS(=O)(=O)c2cccs2)cc1. The highest BCUT2D eigenvalue weighted by molar-refractivity contribution is 8.00. The zero-order chi connectivity index (χ0) is 21.6. The summed E-state index contributed by atoms with van der Waals surface area (Å²) in [6, 6.07) is 18.5. The Morgan fingerprint density at radius 2 is 1.63 bits per heavy atom. The lowest BCUT2D eigenvalue weighted by Crippen LogP contribution is -2.44. The first-order valence-electron chi connectivity index (χ1n) is 8.83. The first-order chi connectivity index (χ1) is 14.3. The minimum Gasteiger partial charge on any atom is -0.279 e. The third kappa shape index (κ3) is 5.85. The van der Waals surface area contributed by atoms with E-state index in [1.807, 2.05) is 30.3 Å². The van der Waals surface area contributed by atoms with Gasteiger partial charge in [-0.1, -0.05) is 24.3 Å². The van der Waals surface area contributed by atoms with Crippen molar-refractivity contribution in [1.29, 1.82) is 0 Å². The molecule has 1 unspecified atom stereocenters. The average Bonchev–Trinajstić information content (AvgIpc) is 3.29. The molecule has 0 aliphatic rings. The van der Waals surface area contributed by atoms with Crippen molar-refractivity contribution in [1.82, 2.24) is 10.9 Å². The molecule has 0 aliphatic carbocycles. The fourth-order valence-corrected chi connectivity index (χ4v) is 5.30. The fraction of sp³-hybridized carbons (Fsp3) is 0.100. The second-order valence-electron chi connectivity index (χ2n) is 6.13. The normalized spacial score (nSPS) is 12.0. The van der Waals surface area contributed by atoms with Crippen LogP contribution in [0.1, 0.15) is 17.3 Å². The first-order valence-corrected chi connectivity index (χ1v) is 12.1. The summed E-state index contributed by atoms with van der Waals surface area (Å²) in [5.74, 6) is -0.842. The van der Waals surface area contributed by atoms with Crippen molar-refractivity contribution in [2.24, 2.45) is 0 Å². The number of carbonyl (C=O) groups excluding carboxylic acids is 2. The molecule has 0 fully saturated rings. The summed E-state index contributed by atoms with van der Waals surface area (Å²) >= 11 is 2.49. The Bertz CT molecular complexity index is 1100. The number of carbonyl (C=O) groups is 2. The molecule has 0 aliphatic heterocycles. The zero-order valence-electron chi connectivity index (χ0n) is 15.9. The molecule has 10 heteroatoms. The van der Waals surface area contributed by atoms with E-state index in [1.165, 1.54) is 42.1 Å². The Hall–Kier alpha value is -2.82. The van der Waals surface area contributed by atoms with Gasteiger partial charge < -0.3 is 0 Å². The first kappa shape index (κ1) is 21.9. The standard InChI is InChI=1S/C20H19N3O4S3/c1-14(29-17-6-3-2-4-7-17)19(24)21-22-20(25)15-9-11-16(12-10-15)23-30(26,27)18-8-5-13-28-18/h2-14,23H,1H3,(H,21,24)(H,22,25). The molecule has 2 aromatic carbocycles. The van der Waals surface area contributed by atoms with Crippen molar-refractivity contribution in [2.45, 2.75) is 21.3 Å². The molecule has 0 saturated carbocycles. The lowest BCUT2D eigenvalue weighted by atomic mass is 10.2. The highest BCUT2D eigenvalue weighted by atomic mass is 32.2. The molecule has 2 amide bonds. The maximum Gasteiger partial charge on any atom is 0.271 e. The molecule has 0 radical (unpaired) electrons. The zero-order valence-corrected chi connectivity index (χ0v) is 18.3. The third-order valence-electron chi connectivity index (χ3n) is 3.88. The molecule has 7 nitrogen and oxygen atoms in total. The van der Waals surface area contributed by atoms with E-state index in [0.717, 1.165) is 16.2 Å². The Labute approximate surface area is 182 Å². The smallest absolute Gasteiger partial charge is 0.271 e. The summed E-state index contributed by atoms with van der Waals surface area (Å²) < 4.78 is 27.1. The predicted molar refractivity (Wildman–Crippen MR) is 119 cm³/mol. The van der Waals surface area contributed by atoms with Crippen molar-refractivity contribution in [3.63, 3.8) is 0 Å². The van der Waals surface area contributed by atoms with Gasteiger partial charge in [-0.2, -0.15) is 0 Å². The van der Waals surface area contributed by atoms with Gasteiger partial charge in [0.2, 0.25) is 0 Å². The molecule has 0 spiro atoms. The van der Waals surface area contributed by atoms with Crippen LogP contribution in [0.5, 0.6) is 0 Å². The van der Waals surface area contributed by atoms with Crippen LogP contribution in [0.3, 0.4) is 0 Å². The summed E-state index contributed by atoms with van der Waals surface area (Å²) in [6.07, 6.45) is 0. The monoisotopic (exact) mass is 461 g/mol. The molecule has 3 rings (SSSR count). The van der Waals surface area contributed by atoms with Crippen LogP contribution in [0.2, 0.25) is 0 Å². The highest BCUT2D eigenvalue weighted by Crippen LogP contribution is 2.22. The van der Waals surface area contributed by atoms with Crippen molar-refractivity contribution < 1.29 is 18.0 Å². The van der Waals surface area contributed by atoms with Crippen molar-refractivity contribution in [3.8, 4) is 0 Å². The van der Waals surface area contributed by atoms with Gasteiger partial charge in [0.1, 0.15) is 4.21 Å². The highest BCUT2D eigenvalue weighted by Gasteiger charge is 2.17. The number of rotatable bonds is 7. The van der Waals surface area contributed by atoms with Gasteiger partial charge in [0.05, 0.1) is 5.25 Å². The number of nitrogens with one attached hydrogen (secondary N) is 3. The summed E-state index contributed by atoms with van der Waals surface area (Å²) in [4.78, 5) is 25.4. The third-order valence-corrected chi connectivity index (χ3v) is 7.77.